The Morgan fingerprint density at radius 2 is 2.36 bits per heavy atom. The van der Waals surface area contributed by atoms with Crippen LogP contribution in [0.15, 0.2) is 17.6 Å². The molecule has 0 spiro atoms. The van der Waals surface area contributed by atoms with Gasteiger partial charge in [0.15, 0.2) is 0 Å². The maximum atomic E-state index is 9.82. The second-order valence-electron chi connectivity index (χ2n) is 1.35. The molecule has 0 aromatic heterocycles. The maximum absolute atomic E-state index is 9.82. The van der Waals surface area contributed by atoms with Crippen molar-refractivity contribution in [2.24, 2.45) is 10.7 Å². The molecule has 0 aliphatic carbocycles. The van der Waals surface area contributed by atoms with E-state index >= 15 is 0 Å². The first-order valence-corrected chi connectivity index (χ1v) is 2.79. The summed E-state index contributed by atoms with van der Waals surface area (Å²) in [4.78, 5) is 21.6. The molecule has 11 heavy (non-hydrogen) atoms. The van der Waals surface area contributed by atoms with E-state index < -0.39 is 6.03 Å². The Morgan fingerprint density at radius 1 is 1.91 bits per heavy atom. The van der Waals surface area contributed by atoms with Crippen LogP contribution in [0, 0.1) is 0 Å². The number of nitrogens with zero attached hydrogens (tertiary/aromatic N) is 1. The summed E-state index contributed by atoms with van der Waals surface area (Å²) in [5.41, 5.74) is 4.68. The molecule has 0 fully saturated rings. The SMILES string of the molecule is C=CCNC(N)=O.CN=C=O. The lowest BCUT2D eigenvalue weighted by Gasteiger charge is -1.90. The van der Waals surface area contributed by atoms with Gasteiger partial charge in [-0.25, -0.2) is 14.6 Å². The number of isocyanates is 1. The van der Waals surface area contributed by atoms with Crippen molar-refractivity contribution in [3.63, 3.8) is 0 Å². The van der Waals surface area contributed by atoms with Gasteiger partial charge in [-0.1, -0.05) is 6.08 Å². The van der Waals surface area contributed by atoms with E-state index in [1.807, 2.05) is 0 Å². The summed E-state index contributed by atoms with van der Waals surface area (Å²) >= 11 is 0. The van der Waals surface area contributed by atoms with Crippen LogP contribution >= 0.6 is 0 Å². The molecule has 3 N–H and O–H groups in total. The number of hydrogen-bond donors (Lipinski definition) is 2. The minimum absolute atomic E-state index is 0.440. The third-order valence-electron chi connectivity index (χ3n) is 0.512. The smallest absolute Gasteiger partial charge is 0.312 e. The van der Waals surface area contributed by atoms with E-state index in [2.05, 4.69) is 22.6 Å². The average molecular weight is 157 g/mol. The quantitative estimate of drug-likeness (QED) is 0.330. The number of hydrogen-bond acceptors (Lipinski definition) is 3. The zero-order chi connectivity index (χ0) is 9.11. The Hall–Kier alpha value is -1.61. The molecule has 0 saturated carbocycles. The van der Waals surface area contributed by atoms with E-state index in [9.17, 15) is 4.79 Å². The first kappa shape index (κ1) is 12.1. The van der Waals surface area contributed by atoms with Crippen LogP contribution in [-0.2, 0) is 4.79 Å². The van der Waals surface area contributed by atoms with Gasteiger partial charge in [0.25, 0.3) is 0 Å². The molecule has 5 heteroatoms. The van der Waals surface area contributed by atoms with Crippen LogP contribution in [0.2, 0.25) is 0 Å². The molecule has 5 nitrogen and oxygen atoms in total. The number of carbonyl (C=O) groups excluding carboxylic acids is 2. The molecule has 62 valence electrons. The first-order valence-electron chi connectivity index (χ1n) is 2.79. The van der Waals surface area contributed by atoms with Gasteiger partial charge in [0.1, 0.15) is 0 Å². The predicted octanol–water partition coefficient (Wildman–Crippen LogP) is -0.207. The van der Waals surface area contributed by atoms with Gasteiger partial charge in [0.2, 0.25) is 6.08 Å². The van der Waals surface area contributed by atoms with Crippen molar-refractivity contribution in [1.29, 1.82) is 0 Å². The average Bonchev–Trinajstić information content (AvgIpc) is 2.01. The number of urea groups is 1. The lowest BCUT2D eigenvalue weighted by atomic mass is 10.6. The fourth-order valence-electron chi connectivity index (χ4n) is 0.173. The molecule has 2 amide bonds. The van der Waals surface area contributed by atoms with Gasteiger partial charge >= 0.3 is 6.03 Å². The molecule has 0 atom stereocenters. The summed E-state index contributed by atoms with van der Waals surface area (Å²) in [7, 11) is 1.38. The summed E-state index contributed by atoms with van der Waals surface area (Å²) in [6.45, 7) is 3.80. The second-order valence-corrected chi connectivity index (χ2v) is 1.35. The standard InChI is InChI=1S/C4H8N2O.C2H3NO/c1-2-3-6-4(5)7;1-3-2-4/h2H,1,3H2,(H3,5,6,7);1H3. The largest absolute Gasteiger partial charge is 0.352 e. The van der Waals surface area contributed by atoms with Crippen LogP contribution in [0.25, 0.3) is 0 Å². The highest BCUT2D eigenvalue weighted by Crippen LogP contribution is 1.56. The zero-order valence-electron chi connectivity index (χ0n) is 6.33. The van der Waals surface area contributed by atoms with Crippen molar-refractivity contribution in [3.05, 3.63) is 12.7 Å². The van der Waals surface area contributed by atoms with Gasteiger partial charge < -0.3 is 11.1 Å². The maximum Gasteiger partial charge on any atom is 0.312 e. The van der Waals surface area contributed by atoms with E-state index in [4.69, 9.17) is 4.79 Å². The molecular formula is C6H11N3O2. The van der Waals surface area contributed by atoms with Gasteiger partial charge in [-0.3, -0.25) is 0 Å². The molecule has 0 radical (unpaired) electrons. The van der Waals surface area contributed by atoms with E-state index in [-0.39, 0.29) is 0 Å². The van der Waals surface area contributed by atoms with Crippen molar-refractivity contribution in [1.82, 2.24) is 5.32 Å². The highest BCUT2D eigenvalue weighted by molar-refractivity contribution is 5.71. The normalized spacial score (nSPS) is 6.27. The summed E-state index contributed by atoms with van der Waals surface area (Å²) in [6, 6.07) is -0.514. The van der Waals surface area contributed by atoms with Gasteiger partial charge in [-0.2, -0.15) is 0 Å². The second kappa shape index (κ2) is 11.2. The van der Waals surface area contributed by atoms with Crippen molar-refractivity contribution in [2.45, 2.75) is 0 Å². The van der Waals surface area contributed by atoms with E-state index in [1.165, 1.54) is 13.1 Å². The molecule has 0 aliphatic heterocycles. The van der Waals surface area contributed by atoms with Crippen LogP contribution in [0.1, 0.15) is 0 Å². The minimum atomic E-state index is -0.514. The Bertz CT molecular complexity index is 161. The number of amides is 2. The van der Waals surface area contributed by atoms with Crippen molar-refractivity contribution in [2.75, 3.05) is 13.6 Å². The van der Waals surface area contributed by atoms with Gasteiger partial charge in [0.05, 0.1) is 0 Å². The fourth-order valence-corrected chi connectivity index (χ4v) is 0.173. The van der Waals surface area contributed by atoms with Crippen LogP contribution in [0.4, 0.5) is 4.79 Å². The Kier molecular flexibility index (Phi) is 12.3. The lowest BCUT2D eigenvalue weighted by Crippen LogP contribution is -2.28. The third kappa shape index (κ3) is 29.8. The molecule has 0 heterocycles. The van der Waals surface area contributed by atoms with Crippen molar-refractivity contribution in [3.8, 4) is 0 Å². The van der Waals surface area contributed by atoms with Gasteiger partial charge in [0, 0.05) is 13.6 Å². The summed E-state index contributed by atoms with van der Waals surface area (Å²) in [5, 5.41) is 2.32. The number of aliphatic imine (C=N–C) groups is 1. The van der Waals surface area contributed by atoms with Crippen molar-refractivity contribution >= 4 is 12.1 Å². The number of nitrogens with one attached hydrogen (secondary N) is 1. The molecule has 0 saturated heterocycles. The van der Waals surface area contributed by atoms with Gasteiger partial charge in [-0.05, 0) is 0 Å². The zero-order valence-corrected chi connectivity index (χ0v) is 6.33. The molecule has 0 bridgehead atoms. The Balaban J connectivity index is 0. The molecular weight excluding hydrogens is 146 g/mol. The minimum Gasteiger partial charge on any atom is -0.352 e. The monoisotopic (exact) mass is 157 g/mol. The van der Waals surface area contributed by atoms with Crippen LogP contribution in [0.5, 0.6) is 0 Å². The lowest BCUT2D eigenvalue weighted by molar-refractivity contribution is 0.250. The molecule has 0 aromatic carbocycles. The highest BCUT2D eigenvalue weighted by atomic mass is 16.2. The summed E-state index contributed by atoms with van der Waals surface area (Å²) in [6.07, 6.45) is 2.87. The van der Waals surface area contributed by atoms with E-state index in [0.29, 0.717) is 6.54 Å². The predicted molar refractivity (Wildman–Crippen MR) is 41.8 cm³/mol. The number of rotatable bonds is 2. The summed E-state index contributed by atoms with van der Waals surface area (Å²) < 4.78 is 0. The summed E-state index contributed by atoms with van der Waals surface area (Å²) in [5.74, 6) is 0. The number of primary amides is 1. The highest BCUT2D eigenvalue weighted by Gasteiger charge is 1.81. The molecule has 0 unspecified atom stereocenters. The topological polar surface area (TPSA) is 84.5 Å². The number of nitrogens with two attached hydrogens (primary N) is 1. The fraction of sp³-hybridized carbons (Fsp3) is 0.333. The van der Waals surface area contributed by atoms with E-state index in [0.717, 1.165) is 0 Å². The van der Waals surface area contributed by atoms with Crippen LogP contribution in [-0.4, -0.2) is 25.7 Å². The van der Waals surface area contributed by atoms with E-state index in [1.54, 1.807) is 6.08 Å². The Morgan fingerprint density at radius 3 is 2.45 bits per heavy atom. The molecule has 0 aliphatic rings. The first-order chi connectivity index (χ1) is 5.18. The van der Waals surface area contributed by atoms with Crippen LogP contribution < -0.4 is 11.1 Å². The van der Waals surface area contributed by atoms with Crippen LogP contribution in [0.3, 0.4) is 0 Å². The van der Waals surface area contributed by atoms with Gasteiger partial charge in [-0.15, -0.1) is 6.58 Å². The molecule has 0 aromatic rings. The molecule has 0 rings (SSSR count). The number of carbonyl (C=O) groups is 1. The Labute approximate surface area is 65.0 Å². The third-order valence-corrected chi connectivity index (χ3v) is 0.512. The van der Waals surface area contributed by atoms with Crippen molar-refractivity contribution < 1.29 is 9.59 Å².